The number of aliphatic hydroxyl groups excluding tert-OH is 1. The van der Waals surface area contributed by atoms with Crippen LogP contribution in [0.5, 0.6) is 0 Å². The van der Waals surface area contributed by atoms with Crippen LogP contribution in [0.2, 0.25) is 0 Å². The van der Waals surface area contributed by atoms with Gasteiger partial charge in [-0.05, 0) is 26.2 Å². The van der Waals surface area contributed by atoms with E-state index in [1.165, 1.54) is 57.8 Å². The van der Waals surface area contributed by atoms with Crippen LogP contribution in [0, 0.1) is 0 Å². The molecule has 140 valence electrons. The predicted octanol–water partition coefficient (Wildman–Crippen LogP) is 2.90. The summed E-state index contributed by atoms with van der Waals surface area (Å²) in [5.74, 6) is -0.0549. The molecule has 0 aliphatic heterocycles. The fourth-order valence-corrected chi connectivity index (χ4v) is 2.89. The van der Waals surface area contributed by atoms with Crippen LogP contribution < -0.4 is 29.6 Å². The first kappa shape index (κ1) is 26.7. The summed E-state index contributed by atoms with van der Waals surface area (Å²) in [5, 5.41) is 9.89. The summed E-state index contributed by atoms with van der Waals surface area (Å²) in [6.07, 6.45) is 17.0. The molecule has 1 atom stereocenters. The zero-order valence-corrected chi connectivity index (χ0v) is 18.7. The van der Waals surface area contributed by atoms with Crippen molar-refractivity contribution in [3.63, 3.8) is 0 Å². The summed E-state index contributed by atoms with van der Waals surface area (Å²) in [5.41, 5.74) is 0. The summed E-state index contributed by atoms with van der Waals surface area (Å²) in [6, 6.07) is 0. The molecule has 0 saturated carbocycles. The van der Waals surface area contributed by atoms with Crippen LogP contribution in [0.1, 0.15) is 112 Å². The molecule has 0 aromatic rings. The molecule has 0 radical (unpaired) electrons. The second kappa shape index (κ2) is 21.5. The zero-order chi connectivity index (χ0) is 17.2. The molecule has 1 unspecified atom stereocenters. The molecule has 4 heteroatoms. The quantitative estimate of drug-likeness (QED) is 0.249. The third-order valence-corrected chi connectivity index (χ3v) is 4.36. The molecule has 0 aromatic carbocycles. The van der Waals surface area contributed by atoms with E-state index in [2.05, 4.69) is 6.92 Å². The summed E-state index contributed by atoms with van der Waals surface area (Å²) < 4.78 is 4.91. The SMILES string of the molecule is CCCCCCC(O)CCCCCCCCCCC(=O)OCC.[H-].[Na+]. The van der Waals surface area contributed by atoms with Crippen molar-refractivity contribution in [1.29, 1.82) is 0 Å². The van der Waals surface area contributed by atoms with E-state index in [0.717, 1.165) is 32.1 Å². The molecule has 3 nitrogen and oxygen atoms in total. The topological polar surface area (TPSA) is 46.5 Å². The van der Waals surface area contributed by atoms with E-state index in [0.29, 0.717) is 13.0 Å². The average molecular weight is 353 g/mol. The van der Waals surface area contributed by atoms with Crippen LogP contribution in [-0.4, -0.2) is 23.8 Å². The van der Waals surface area contributed by atoms with Gasteiger partial charge < -0.3 is 11.3 Å². The van der Waals surface area contributed by atoms with Gasteiger partial charge in [-0.2, -0.15) is 0 Å². The summed E-state index contributed by atoms with van der Waals surface area (Å²) in [4.78, 5) is 11.2. The largest absolute Gasteiger partial charge is 1.00 e. The third kappa shape index (κ3) is 20.5. The first-order valence-corrected chi connectivity index (χ1v) is 10.0. The molecular weight excluding hydrogens is 311 g/mol. The Kier molecular flexibility index (Phi) is 23.8. The van der Waals surface area contributed by atoms with Gasteiger partial charge in [0.1, 0.15) is 0 Å². The molecular formula is C20H41NaO3. The molecule has 0 bridgehead atoms. The molecule has 0 aromatic heterocycles. The van der Waals surface area contributed by atoms with Crippen LogP contribution in [0.4, 0.5) is 0 Å². The Balaban J connectivity index is -0.00000242. The van der Waals surface area contributed by atoms with Crippen molar-refractivity contribution >= 4 is 5.97 Å². The Morgan fingerprint density at radius 1 is 0.833 bits per heavy atom. The van der Waals surface area contributed by atoms with Crippen molar-refractivity contribution in [2.75, 3.05) is 6.61 Å². The Hall–Kier alpha value is 0.430. The predicted molar refractivity (Wildman–Crippen MR) is 98.7 cm³/mol. The monoisotopic (exact) mass is 352 g/mol. The van der Waals surface area contributed by atoms with Gasteiger partial charge in [-0.3, -0.25) is 4.79 Å². The van der Waals surface area contributed by atoms with Crippen molar-refractivity contribution in [3.05, 3.63) is 0 Å². The Morgan fingerprint density at radius 3 is 1.79 bits per heavy atom. The first-order valence-electron chi connectivity index (χ1n) is 10.0. The number of ether oxygens (including phenoxy) is 1. The molecule has 24 heavy (non-hydrogen) atoms. The van der Waals surface area contributed by atoms with Gasteiger partial charge >= 0.3 is 35.5 Å². The van der Waals surface area contributed by atoms with E-state index in [1.54, 1.807) is 0 Å². The molecule has 0 rings (SSSR count). The Labute approximate surface area is 174 Å². The van der Waals surface area contributed by atoms with Gasteiger partial charge in [0.2, 0.25) is 0 Å². The number of hydrogen-bond acceptors (Lipinski definition) is 3. The minimum absolute atomic E-state index is 0. The van der Waals surface area contributed by atoms with Crippen molar-refractivity contribution in [2.24, 2.45) is 0 Å². The van der Waals surface area contributed by atoms with E-state index >= 15 is 0 Å². The van der Waals surface area contributed by atoms with E-state index in [9.17, 15) is 9.90 Å². The second-order valence-electron chi connectivity index (χ2n) is 6.68. The maximum absolute atomic E-state index is 11.2. The first-order chi connectivity index (χ1) is 11.2. The van der Waals surface area contributed by atoms with Crippen LogP contribution in [0.15, 0.2) is 0 Å². The van der Waals surface area contributed by atoms with Crippen molar-refractivity contribution in [3.8, 4) is 0 Å². The van der Waals surface area contributed by atoms with E-state index in [-0.39, 0.29) is 43.1 Å². The number of hydrogen-bond donors (Lipinski definition) is 1. The molecule has 0 saturated heterocycles. The van der Waals surface area contributed by atoms with Crippen LogP contribution in [0.3, 0.4) is 0 Å². The number of aliphatic hydroxyl groups is 1. The van der Waals surface area contributed by atoms with E-state index in [1.807, 2.05) is 6.92 Å². The summed E-state index contributed by atoms with van der Waals surface area (Å²) in [6.45, 7) is 4.56. The second-order valence-corrected chi connectivity index (χ2v) is 6.68. The number of unbranched alkanes of at least 4 members (excludes halogenated alkanes) is 10. The van der Waals surface area contributed by atoms with Crippen LogP contribution in [0.25, 0.3) is 0 Å². The molecule has 1 N–H and O–H groups in total. The maximum atomic E-state index is 11.2. The number of rotatable bonds is 17. The summed E-state index contributed by atoms with van der Waals surface area (Å²) >= 11 is 0. The van der Waals surface area contributed by atoms with Crippen molar-refractivity contribution in [2.45, 2.75) is 116 Å². The zero-order valence-electron chi connectivity index (χ0n) is 17.7. The van der Waals surface area contributed by atoms with Gasteiger partial charge in [-0.25, -0.2) is 0 Å². The maximum Gasteiger partial charge on any atom is 1.00 e. The van der Waals surface area contributed by atoms with Gasteiger partial charge in [0, 0.05) is 6.42 Å². The molecule has 0 heterocycles. The smallest absolute Gasteiger partial charge is 1.00 e. The number of carbonyl (C=O) groups excluding carboxylic acids is 1. The fourth-order valence-electron chi connectivity index (χ4n) is 2.89. The standard InChI is InChI=1S/C20H40O3.Na.H/c1-3-5-6-13-16-19(21)17-14-11-9-7-8-10-12-15-18-20(22)23-4-2;;/h19,21H,3-18H2,1-2H3;;/q;+1;-1. The van der Waals surface area contributed by atoms with Crippen molar-refractivity contribution in [1.82, 2.24) is 0 Å². The van der Waals surface area contributed by atoms with Gasteiger partial charge in [-0.1, -0.05) is 77.6 Å². The number of carbonyl (C=O) groups is 1. The molecule has 0 aliphatic carbocycles. The Bertz CT molecular complexity index is 265. The van der Waals surface area contributed by atoms with Gasteiger partial charge in [0.15, 0.2) is 0 Å². The van der Waals surface area contributed by atoms with Crippen molar-refractivity contribution < 1.29 is 45.6 Å². The van der Waals surface area contributed by atoms with E-state index < -0.39 is 0 Å². The van der Waals surface area contributed by atoms with Gasteiger partial charge in [0.05, 0.1) is 12.7 Å². The number of esters is 1. The molecule has 0 fully saturated rings. The van der Waals surface area contributed by atoms with Gasteiger partial charge in [-0.15, -0.1) is 0 Å². The summed E-state index contributed by atoms with van der Waals surface area (Å²) in [7, 11) is 0. The third-order valence-electron chi connectivity index (χ3n) is 4.36. The fraction of sp³-hybridized carbons (Fsp3) is 0.950. The Morgan fingerprint density at radius 2 is 1.29 bits per heavy atom. The molecule has 0 aliphatic rings. The minimum Gasteiger partial charge on any atom is -1.00 e. The van der Waals surface area contributed by atoms with Gasteiger partial charge in [0.25, 0.3) is 0 Å². The molecule has 0 amide bonds. The van der Waals surface area contributed by atoms with Crippen LogP contribution >= 0.6 is 0 Å². The van der Waals surface area contributed by atoms with Crippen LogP contribution in [-0.2, 0) is 9.53 Å². The average Bonchev–Trinajstić information content (AvgIpc) is 2.53. The molecule has 0 spiro atoms. The normalized spacial score (nSPS) is 11.8. The van der Waals surface area contributed by atoms with E-state index in [4.69, 9.17) is 4.74 Å². The minimum atomic E-state index is -0.0743.